The van der Waals surface area contributed by atoms with Crippen molar-refractivity contribution in [2.75, 3.05) is 13.2 Å². The highest BCUT2D eigenvalue weighted by atomic mass is 32.1. The van der Waals surface area contributed by atoms with Crippen LogP contribution in [0.1, 0.15) is 23.6 Å². The summed E-state index contributed by atoms with van der Waals surface area (Å²) < 4.78 is 15.7. The Balaban J connectivity index is 2.06. The van der Waals surface area contributed by atoms with Crippen molar-refractivity contribution >= 4 is 17.3 Å². The van der Waals surface area contributed by atoms with Gasteiger partial charge in [0.2, 0.25) is 5.01 Å². The first-order chi connectivity index (χ1) is 9.72. The molecule has 0 atom stereocenters. The lowest BCUT2D eigenvalue weighted by molar-refractivity contribution is 0.0525. The summed E-state index contributed by atoms with van der Waals surface area (Å²) in [5, 5.41) is 7.97. The van der Waals surface area contributed by atoms with E-state index < -0.39 is 5.97 Å². The molecule has 1 aromatic carbocycles. The maximum Gasteiger partial charge on any atom is 0.369 e. The molecule has 2 aromatic rings. The molecule has 0 N–H and O–H groups in total. The van der Waals surface area contributed by atoms with E-state index in [1.807, 2.05) is 19.1 Å². The Hall–Kier alpha value is -2.15. The van der Waals surface area contributed by atoms with Crippen molar-refractivity contribution in [3.05, 3.63) is 29.3 Å². The van der Waals surface area contributed by atoms with Crippen LogP contribution in [0.15, 0.2) is 24.3 Å². The molecule has 0 spiro atoms. The molecule has 0 bridgehead atoms. The molecule has 106 valence electrons. The summed E-state index contributed by atoms with van der Waals surface area (Å²) in [7, 11) is 0. The fourth-order valence-electron chi connectivity index (χ4n) is 1.42. The van der Waals surface area contributed by atoms with Crippen molar-refractivity contribution in [2.24, 2.45) is 0 Å². The first kappa shape index (κ1) is 14.3. The summed E-state index contributed by atoms with van der Waals surface area (Å²) in [6.07, 6.45) is 0. The van der Waals surface area contributed by atoms with Crippen molar-refractivity contribution in [3.63, 3.8) is 0 Å². The number of rotatable bonds is 6. The Morgan fingerprint density at radius 3 is 2.75 bits per heavy atom. The SMILES string of the molecule is CCOC(=O)c1nnc(Oc2cccc(OCC)c2)s1. The third-order valence-electron chi connectivity index (χ3n) is 2.18. The van der Waals surface area contributed by atoms with Gasteiger partial charge < -0.3 is 14.2 Å². The zero-order valence-electron chi connectivity index (χ0n) is 11.2. The van der Waals surface area contributed by atoms with Crippen LogP contribution in [0.4, 0.5) is 0 Å². The number of nitrogens with zero attached hydrogens (tertiary/aromatic N) is 2. The average molecular weight is 294 g/mol. The summed E-state index contributed by atoms with van der Waals surface area (Å²) in [4.78, 5) is 11.5. The Labute approximate surface area is 120 Å². The number of hydrogen-bond acceptors (Lipinski definition) is 7. The van der Waals surface area contributed by atoms with Gasteiger partial charge in [0.05, 0.1) is 13.2 Å². The van der Waals surface area contributed by atoms with E-state index in [1.54, 1.807) is 19.1 Å². The molecule has 0 radical (unpaired) electrons. The Bertz CT molecular complexity index is 585. The monoisotopic (exact) mass is 294 g/mol. The molecule has 6 nitrogen and oxygen atoms in total. The van der Waals surface area contributed by atoms with Crippen LogP contribution in [-0.4, -0.2) is 29.4 Å². The Kier molecular flexibility index (Phi) is 4.89. The van der Waals surface area contributed by atoms with E-state index in [9.17, 15) is 4.79 Å². The van der Waals surface area contributed by atoms with Crippen LogP contribution >= 0.6 is 11.3 Å². The zero-order valence-corrected chi connectivity index (χ0v) is 12.0. The fraction of sp³-hybridized carbons (Fsp3) is 0.308. The van der Waals surface area contributed by atoms with E-state index in [2.05, 4.69) is 10.2 Å². The standard InChI is InChI=1S/C13H14N2O4S/c1-3-17-9-6-5-7-10(8-9)19-13-15-14-11(20-13)12(16)18-4-2/h5-8H,3-4H2,1-2H3. The molecular formula is C13H14N2O4S. The van der Waals surface area contributed by atoms with Crippen molar-refractivity contribution in [3.8, 4) is 16.7 Å². The minimum absolute atomic E-state index is 0.169. The van der Waals surface area contributed by atoms with Crippen LogP contribution in [0.5, 0.6) is 16.7 Å². The van der Waals surface area contributed by atoms with Crippen molar-refractivity contribution in [1.29, 1.82) is 0 Å². The molecule has 2 rings (SSSR count). The zero-order chi connectivity index (χ0) is 14.4. The molecule has 0 saturated carbocycles. The second kappa shape index (κ2) is 6.85. The van der Waals surface area contributed by atoms with E-state index in [0.717, 1.165) is 11.3 Å². The highest BCUT2D eigenvalue weighted by molar-refractivity contribution is 7.14. The Morgan fingerprint density at radius 1 is 1.20 bits per heavy atom. The predicted octanol–water partition coefficient (Wildman–Crippen LogP) is 2.91. The van der Waals surface area contributed by atoms with E-state index in [1.165, 1.54) is 0 Å². The van der Waals surface area contributed by atoms with Crippen molar-refractivity contribution < 1.29 is 19.0 Å². The number of carbonyl (C=O) groups excluding carboxylic acids is 1. The summed E-state index contributed by atoms with van der Waals surface area (Å²) >= 11 is 1.04. The van der Waals surface area contributed by atoms with Crippen molar-refractivity contribution in [2.45, 2.75) is 13.8 Å². The molecule has 20 heavy (non-hydrogen) atoms. The summed E-state index contributed by atoms with van der Waals surface area (Å²) in [6, 6.07) is 7.16. The fourth-order valence-corrected chi connectivity index (χ4v) is 2.03. The minimum atomic E-state index is -0.497. The van der Waals surface area contributed by atoms with Gasteiger partial charge in [-0.3, -0.25) is 0 Å². The highest BCUT2D eigenvalue weighted by Gasteiger charge is 2.15. The molecule has 0 unspecified atom stereocenters. The second-order valence-corrected chi connectivity index (χ2v) is 4.54. The number of ether oxygens (including phenoxy) is 3. The molecule has 0 aliphatic heterocycles. The number of esters is 1. The minimum Gasteiger partial charge on any atom is -0.494 e. The van der Waals surface area contributed by atoms with Crippen LogP contribution in [0.3, 0.4) is 0 Å². The van der Waals surface area contributed by atoms with E-state index in [0.29, 0.717) is 24.7 Å². The van der Waals surface area contributed by atoms with E-state index in [-0.39, 0.29) is 10.2 Å². The predicted molar refractivity (Wildman–Crippen MR) is 73.6 cm³/mol. The molecular weight excluding hydrogens is 280 g/mol. The highest BCUT2D eigenvalue weighted by Crippen LogP contribution is 2.27. The van der Waals surface area contributed by atoms with Gasteiger partial charge in [0, 0.05) is 6.07 Å². The molecule has 0 aliphatic rings. The summed E-state index contributed by atoms with van der Waals surface area (Å²) in [5.41, 5.74) is 0. The average Bonchev–Trinajstić information content (AvgIpc) is 2.88. The maximum absolute atomic E-state index is 11.5. The molecule has 0 amide bonds. The third kappa shape index (κ3) is 3.67. The normalized spacial score (nSPS) is 10.1. The maximum atomic E-state index is 11.5. The van der Waals surface area contributed by atoms with Crippen LogP contribution in [0, 0.1) is 0 Å². The van der Waals surface area contributed by atoms with E-state index in [4.69, 9.17) is 14.2 Å². The molecule has 0 fully saturated rings. The van der Waals surface area contributed by atoms with Gasteiger partial charge >= 0.3 is 5.97 Å². The number of carbonyl (C=O) groups is 1. The lowest BCUT2D eigenvalue weighted by Crippen LogP contribution is -2.03. The first-order valence-corrected chi connectivity index (χ1v) is 6.96. The quantitative estimate of drug-likeness (QED) is 0.763. The van der Waals surface area contributed by atoms with Gasteiger partial charge in [0.15, 0.2) is 0 Å². The summed E-state index contributed by atoms with van der Waals surface area (Å²) in [6.45, 7) is 4.51. The van der Waals surface area contributed by atoms with Gasteiger partial charge in [-0.05, 0) is 37.3 Å². The van der Waals surface area contributed by atoms with Crippen LogP contribution < -0.4 is 9.47 Å². The van der Waals surface area contributed by atoms with Gasteiger partial charge in [-0.1, -0.05) is 11.2 Å². The van der Waals surface area contributed by atoms with E-state index >= 15 is 0 Å². The first-order valence-electron chi connectivity index (χ1n) is 6.14. The lowest BCUT2D eigenvalue weighted by Gasteiger charge is -2.05. The topological polar surface area (TPSA) is 70.5 Å². The van der Waals surface area contributed by atoms with Gasteiger partial charge in [0.1, 0.15) is 11.5 Å². The molecule has 0 saturated heterocycles. The van der Waals surface area contributed by atoms with Crippen LogP contribution in [-0.2, 0) is 4.74 Å². The lowest BCUT2D eigenvalue weighted by atomic mass is 10.3. The second-order valence-electron chi connectivity index (χ2n) is 3.60. The molecule has 0 aliphatic carbocycles. The summed E-state index contributed by atoms with van der Waals surface area (Å²) in [5.74, 6) is 0.783. The number of hydrogen-bond donors (Lipinski definition) is 0. The van der Waals surface area contributed by atoms with Gasteiger partial charge in [-0.2, -0.15) is 0 Å². The molecule has 1 heterocycles. The third-order valence-corrected chi connectivity index (χ3v) is 2.96. The Morgan fingerprint density at radius 2 is 2.00 bits per heavy atom. The number of aromatic nitrogens is 2. The largest absolute Gasteiger partial charge is 0.494 e. The molecule has 1 aromatic heterocycles. The van der Waals surface area contributed by atoms with Gasteiger partial charge in [0.25, 0.3) is 5.19 Å². The van der Waals surface area contributed by atoms with Crippen LogP contribution in [0.25, 0.3) is 0 Å². The smallest absolute Gasteiger partial charge is 0.369 e. The number of benzene rings is 1. The van der Waals surface area contributed by atoms with Gasteiger partial charge in [-0.15, -0.1) is 5.10 Å². The van der Waals surface area contributed by atoms with Gasteiger partial charge in [-0.25, -0.2) is 4.79 Å². The van der Waals surface area contributed by atoms with Crippen LogP contribution in [0.2, 0.25) is 0 Å². The van der Waals surface area contributed by atoms with Crippen molar-refractivity contribution in [1.82, 2.24) is 10.2 Å². The molecule has 7 heteroatoms.